The zero-order valence-electron chi connectivity index (χ0n) is 12.5. The lowest BCUT2D eigenvalue weighted by molar-refractivity contribution is 0.609. The molecular weight excluding hydrogens is 294 g/mol. The fourth-order valence-corrected chi connectivity index (χ4v) is 3.57. The third kappa shape index (κ3) is 3.28. The Bertz CT molecular complexity index is 454. The summed E-state index contributed by atoms with van der Waals surface area (Å²) < 4.78 is 0. The van der Waals surface area contributed by atoms with Crippen molar-refractivity contribution in [2.75, 3.05) is 35.2 Å². The van der Waals surface area contributed by atoms with E-state index < -0.39 is 0 Å². The lowest BCUT2D eigenvalue weighted by Gasteiger charge is -2.37. The van der Waals surface area contributed by atoms with Gasteiger partial charge in [0.2, 0.25) is 17.2 Å². The number of hydrogen-bond donors (Lipinski definition) is 0. The van der Waals surface area contributed by atoms with E-state index in [2.05, 4.69) is 52.4 Å². The molecule has 0 aromatic carbocycles. The van der Waals surface area contributed by atoms with Crippen molar-refractivity contribution < 1.29 is 0 Å². The summed E-state index contributed by atoms with van der Waals surface area (Å²) in [5.74, 6) is 2.46. The predicted molar refractivity (Wildman–Crippen MR) is 87.1 cm³/mol. The van der Waals surface area contributed by atoms with E-state index >= 15 is 0 Å². The van der Waals surface area contributed by atoms with Crippen LogP contribution in [0.15, 0.2) is 0 Å². The van der Waals surface area contributed by atoms with Gasteiger partial charge in [-0.25, -0.2) is 0 Å². The molecule has 7 heteroatoms. The number of hydrogen-bond acceptors (Lipinski definition) is 6. The molecule has 1 fully saturated rings. The van der Waals surface area contributed by atoms with Gasteiger partial charge in [-0.3, -0.25) is 0 Å². The van der Waals surface area contributed by atoms with Gasteiger partial charge in [-0.2, -0.15) is 26.7 Å². The van der Waals surface area contributed by atoms with Crippen molar-refractivity contribution in [2.45, 2.75) is 39.0 Å². The summed E-state index contributed by atoms with van der Waals surface area (Å²) >= 11 is 8.08. The van der Waals surface area contributed by atoms with E-state index in [0.29, 0.717) is 23.2 Å². The number of anilines is 2. The van der Waals surface area contributed by atoms with Gasteiger partial charge >= 0.3 is 0 Å². The van der Waals surface area contributed by atoms with Crippen molar-refractivity contribution in [3.63, 3.8) is 0 Å². The normalized spacial score (nSPS) is 22.9. The number of halogens is 1. The van der Waals surface area contributed by atoms with Gasteiger partial charge in [0.15, 0.2) is 0 Å². The summed E-state index contributed by atoms with van der Waals surface area (Å²) in [6, 6.07) is 0.400. The molecule has 2 atom stereocenters. The molecule has 0 radical (unpaired) electrons. The van der Waals surface area contributed by atoms with E-state index in [9.17, 15) is 0 Å². The number of nitrogens with zero attached hydrogens (tertiary/aromatic N) is 5. The van der Waals surface area contributed by atoms with Crippen LogP contribution in [0.5, 0.6) is 0 Å². The summed E-state index contributed by atoms with van der Waals surface area (Å²) in [7, 11) is 0. The SMILES string of the molecule is CCN(CC)c1nc(Cl)nc(N2CCSC(C)C2C)n1. The molecule has 0 aliphatic carbocycles. The number of thioether (sulfide) groups is 1. The van der Waals surface area contributed by atoms with Crippen LogP contribution >= 0.6 is 23.4 Å². The molecule has 1 aromatic heterocycles. The Balaban J connectivity index is 2.31. The highest BCUT2D eigenvalue weighted by molar-refractivity contribution is 8.00. The molecule has 1 aliphatic rings. The lowest BCUT2D eigenvalue weighted by Crippen LogP contribution is -2.45. The van der Waals surface area contributed by atoms with Crippen LogP contribution in [0.25, 0.3) is 0 Å². The predicted octanol–water partition coefficient (Wildman–Crippen LogP) is 2.70. The highest BCUT2D eigenvalue weighted by atomic mass is 35.5. The second-order valence-electron chi connectivity index (χ2n) is 4.89. The molecular formula is C13H22ClN5S. The van der Waals surface area contributed by atoms with E-state index in [1.807, 2.05) is 11.8 Å². The van der Waals surface area contributed by atoms with Crippen molar-refractivity contribution in [2.24, 2.45) is 0 Å². The largest absolute Gasteiger partial charge is 0.341 e. The molecule has 0 bridgehead atoms. The highest BCUT2D eigenvalue weighted by Gasteiger charge is 2.28. The Morgan fingerprint density at radius 1 is 1.25 bits per heavy atom. The quantitative estimate of drug-likeness (QED) is 0.851. The van der Waals surface area contributed by atoms with E-state index in [0.717, 1.165) is 25.4 Å². The monoisotopic (exact) mass is 315 g/mol. The number of aromatic nitrogens is 3. The molecule has 0 spiro atoms. The third-order valence-electron chi connectivity index (χ3n) is 3.77. The molecule has 20 heavy (non-hydrogen) atoms. The maximum absolute atomic E-state index is 6.09. The topological polar surface area (TPSA) is 45.2 Å². The molecule has 0 N–H and O–H groups in total. The fourth-order valence-electron chi connectivity index (χ4n) is 2.32. The van der Waals surface area contributed by atoms with Gasteiger partial charge < -0.3 is 9.80 Å². The summed E-state index contributed by atoms with van der Waals surface area (Å²) in [4.78, 5) is 17.5. The minimum atomic E-state index is 0.273. The summed E-state index contributed by atoms with van der Waals surface area (Å²) in [5, 5.41) is 0.839. The van der Waals surface area contributed by atoms with Crippen LogP contribution in [0, 0.1) is 0 Å². The summed E-state index contributed by atoms with van der Waals surface area (Å²) in [6.07, 6.45) is 0. The van der Waals surface area contributed by atoms with Crippen molar-refractivity contribution in [1.29, 1.82) is 0 Å². The molecule has 5 nitrogen and oxygen atoms in total. The Labute approximate surface area is 130 Å². The van der Waals surface area contributed by atoms with Crippen LogP contribution in [0.2, 0.25) is 5.28 Å². The Morgan fingerprint density at radius 2 is 1.95 bits per heavy atom. The molecule has 2 rings (SSSR count). The maximum atomic E-state index is 6.09. The van der Waals surface area contributed by atoms with Crippen LogP contribution in [0.4, 0.5) is 11.9 Å². The molecule has 2 heterocycles. The zero-order chi connectivity index (χ0) is 14.7. The van der Waals surface area contributed by atoms with Crippen LogP contribution in [0.3, 0.4) is 0 Å². The average molecular weight is 316 g/mol. The van der Waals surface area contributed by atoms with E-state index in [-0.39, 0.29) is 5.28 Å². The second-order valence-corrected chi connectivity index (χ2v) is 6.71. The molecule has 1 aromatic rings. The van der Waals surface area contributed by atoms with Gasteiger partial charge in [0.25, 0.3) is 0 Å². The summed E-state index contributed by atoms with van der Waals surface area (Å²) in [5.41, 5.74) is 0. The molecule has 2 unspecified atom stereocenters. The fraction of sp³-hybridized carbons (Fsp3) is 0.769. The maximum Gasteiger partial charge on any atom is 0.231 e. The Morgan fingerprint density at radius 3 is 2.60 bits per heavy atom. The van der Waals surface area contributed by atoms with Gasteiger partial charge in [0.1, 0.15) is 0 Å². The van der Waals surface area contributed by atoms with Crippen molar-refractivity contribution in [3.8, 4) is 0 Å². The summed E-state index contributed by atoms with van der Waals surface area (Å²) in [6.45, 7) is 11.3. The first-order valence-electron chi connectivity index (χ1n) is 7.11. The standard InChI is InChI=1S/C13H22ClN5S/c1-5-18(6-2)12-15-11(14)16-13(17-12)19-7-8-20-10(4)9(19)3/h9-10H,5-8H2,1-4H3. The van der Waals surface area contributed by atoms with Gasteiger partial charge in [-0.15, -0.1) is 0 Å². The Kier molecular flexibility index (Phi) is 5.32. The molecule has 0 saturated carbocycles. The first-order chi connectivity index (χ1) is 9.56. The molecule has 0 amide bonds. The first kappa shape index (κ1) is 15.6. The van der Waals surface area contributed by atoms with Crippen LogP contribution in [-0.2, 0) is 0 Å². The highest BCUT2D eigenvalue weighted by Crippen LogP contribution is 2.28. The minimum absolute atomic E-state index is 0.273. The zero-order valence-corrected chi connectivity index (χ0v) is 14.1. The van der Waals surface area contributed by atoms with Crippen LogP contribution in [0.1, 0.15) is 27.7 Å². The van der Waals surface area contributed by atoms with Crippen LogP contribution < -0.4 is 9.80 Å². The van der Waals surface area contributed by atoms with Crippen LogP contribution in [-0.4, -0.2) is 51.6 Å². The smallest absolute Gasteiger partial charge is 0.231 e. The van der Waals surface area contributed by atoms with E-state index in [1.165, 1.54) is 0 Å². The van der Waals surface area contributed by atoms with Crippen molar-refractivity contribution in [3.05, 3.63) is 5.28 Å². The van der Waals surface area contributed by atoms with E-state index in [4.69, 9.17) is 11.6 Å². The molecule has 1 saturated heterocycles. The van der Waals surface area contributed by atoms with Gasteiger partial charge in [-0.05, 0) is 32.4 Å². The third-order valence-corrected chi connectivity index (χ3v) is 5.28. The van der Waals surface area contributed by atoms with Crippen molar-refractivity contribution >= 4 is 35.3 Å². The lowest BCUT2D eigenvalue weighted by atomic mass is 10.2. The van der Waals surface area contributed by atoms with Gasteiger partial charge in [0.05, 0.1) is 0 Å². The van der Waals surface area contributed by atoms with Crippen molar-refractivity contribution in [1.82, 2.24) is 15.0 Å². The van der Waals surface area contributed by atoms with Gasteiger partial charge in [0, 0.05) is 36.7 Å². The van der Waals surface area contributed by atoms with E-state index in [1.54, 1.807) is 0 Å². The Hall–Kier alpha value is -0.750. The minimum Gasteiger partial charge on any atom is -0.341 e. The van der Waals surface area contributed by atoms with Gasteiger partial charge in [-0.1, -0.05) is 6.92 Å². The number of rotatable bonds is 4. The second kappa shape index (κ2) is 6.80. The molecule has 112 valence electrons. The first-order valence-corrected chi connectivity index (χ1v) is 8.54. The average Bonchev–Trinajstić information content (AvgIpc) is 2.42. The molecule has 1 aliphatic heterocycles.